The van der Waals surface area contributed by atoms with E-state index in [2.05, 4.69) is 4.74 Å². The van der Waals surface area contributed by atoms with Gasteiger partial charge in [-0.2, -0.15) is 5.26 Å². The molecule has 2 aromatic rings. The molecule has 0 aliphatic heterocycles. The number of ether oxygens (including phenoxy) is 3. The zero-order valence-corrected chi connectivity index (χ0v) is 11.4. The molecule has 0 aliphatic carbocycles. The molecule has 5 nitrogen and oxygen atoms in total. The van der Waals surface area contributed by atoms with E-state index < -0.39 is 12.3 Å². The van der Waals surface area contributed by atoms with Gasteiger partial charge in [-0.05, 0) is 24.3 Å². The maximum Gasteiger partial charge on any atom is 0.509 e. The number of hydrogen-bond donors (Lipinski definition) is 0. The first-order valence-corrected chi connectivity index (χ1v) is 6.20. The van der Waals surface area contributed by atoms with Gasteiger partial charge in [0.2, 0.25) is 6.10 Å². The van der Waals surface area contributed by atoms with Crippen LogP contribution in [-0.4, -0.2) is 13.3 Å². The Bertz CT molecular complexity index is 649. The van der Waals surface area contributed by atoms with Crippen LogP contribution in [0.2, 0.25) is 0 Å². The van der Waals surface area contributed by atoms with Crippen molar-refractivity contribution in [2.75, 3.05) is 7.11 Å². The Kier molecular flexibility index (Phi) is 4.78. The molecule has 21 heavy (non-hydrogen) atoms. The maximum atomic E-state index is 11.1. The second-order valence-corrected chi connectivity index (χ2v) is 4.07. The Hall–Kier alpha value is -3.00. The summed E-state index contributed by atoms with van der Waals surface area (Å²) >= 11 is 0. The molecule has 0 saturated carbocycles. The number of carbonyl (C=O) groups excluding carboxylic acids is 1. The van der Waals surface area contributed by atoms with Crippen molar-refractivity contribution in [3.63, 3.8) is 0 Å². The lowest BCUT2D eigenvalue weighted by molar-refractivity contribution is 0.0543. The van der Waals surface area contributed by atoms with E-state index in [-0.39, 0.29) is 0 Å². The predicted octanol–water partition coefficient (Wildman–Crippen LogP) is 3.83. The summed E-state index contributed by atoms with van der Waals surface area (Å²) < 4.78 is 14.9. The first-order valence-electron chi connectivity index (χ1n) is 6.20. The topological polar surface area (TPSA) is 68.5 Å². The maximum absolute atomic E-state index is 11.1. The Morgan fingerprint density at radius 1 is 1.10 bits per heavy atom. The Morgan fingerprint density at radius 2 is 1.81 bits per heavy atom. The lowest BCUT2D eigenvalue weighted by atomic mass is 10.1. The number of nitrogens with zero attached hydrogens (tertiary/aromatic N) is 1. The lowest BCUT2D eigenvalue weighted by Gasteiger charge is -2.12. The molecule has 5 heteroatoms. The van der Waals surface area contributed by atoms with Gasteiger partial charge in [0.15, 0.2) is 0 Å². The number of carbonyl (C=O) groups is 1. The van der Waals surface area contributed by atoms with Crippen LogP contribution < -0.4 is 4.74 Å². The highest BCUT2D eigenvalue weighted by molar-refractivity contribution is 5.60. The van der Waals surface area contributed by atoms with Crippen molar-refractivity contribution in [3.05, 3.63) is 60.2 Å². The number of para-hydroxylation sites is 1. The van der Waals surface area contributed by atoms with E-state index in [0.29, 0.717) is 17.1 Å². The molecule has 0 N–H and O–H groups in total. The molecule has 106 valence electrons. The van der Waals surface area contributed by atoms with Gasteiger partial charge in [0.25, 0.3) is 0 Å². The average Bonchev–Trinajstić information content (AvgIpc) is 2.53. The molecule has 0 heterocycles. The van der Waals surface area contributed by atoms with E-state index in [1.165, 1.54) is 7.11 Å². The van der Waals surface area contributed by atoms with Crippen LogP contribution in [0.25, 0.3) is 0 Å². The SMILES string of the molecule is COC(=O)O[C@@H](C#N)c1cccc(Oc2ccccc2)c1. The van der Waals surface area contributed by atoms with Crippen molar-refractivity contribution in [2.45, 2.75) is 6.10 Å². The third-order valence-electron chi connectivity index (χ3n) is 2.64. The first kappa shape index (κ1) is 14.4. The van der Waals surface area contributed by atoms with Crippen LogP contribution >= 0.6 is 0 Å². The minimum absolute atomic E-state index is 0.510. The summed E-state index contributed by atoms with van der Waals surface area (Å²) in [5.41, 5.74) is 0.510. The third kappa shape index (κ3) is 3.98. The van der Waals surface area contributed by atoms with E-state index >= 15 is 0 Å². The van der Waals surface area contributed by atoms with E-state index in [9.17, 15) is 4.79 Å². The molecule has 1 atom stereocenters. The number of methoxy groups -OCH3 is 1. The highest BCUT2D eigenvalue weighted by Crippen LogP contribution is 2.25. The van der Waals surface area contributed by atoms with Gasteiger partial charge in [0.1, 0.15) is 17.6 Å². The first-order chi connectivity index (χ1) is 10.2. The molecule has 0 radical (unpaired) electrons. The van der Waals surface area contributed by atoms with Gasteiger partial charge in [-0.15, -0.1) is 0 Å². The van der Waals surface area contributed by atoms with Crippen LogP contribution in [0.3, 0.4) is 0 Å². The van der Waals surface area contributed by atoms with E-state index in [0.717, 1.165) is 0 Å². The fraction of sp³-hybridized carbons (Fsp3) is 0.125. The minimum Gasteiger partial charge on any atom is -0.457 e. The third-order valence-corrected chi connectivity index (χ3v) is 2.64. The van der Waals surface area contributed by atoms with Crippen molar-refractivity contribution >= 4 is 6.16 Å². The number of benzene rings is 2. The van der Waals surface area contributed by atoms with E-state index in [1.807, 2.05) is 36.4 Å². The van der Waals surface area contributed by atoms with Gasteiger partial charge in [-0.1, -0.05) is 30.3 Å². The van der Waals surface area contributed by atoms with Crippen molar-refractivity contribution < 1.29 is 19.0 Å². The van der Waals surface area contributed by atoms with Crippen LogP contribution in [-0.2, 0) is 9.47 Å². The summed E-state index contributed by atoms with van der Waals surface area (Å²) in [7, 11) is 1.19. The average molecular weight is 283 g/mol. The smallest absolute Gasteiger partial charge is 0.457 e. The fourth-order valence-corrected chi connectivity index (χ4v) is 1.68. The molecule has 0 saturated heterocycles. The summed E-state index contributed by atoms with van der Waals surface area (Å²) in [5.74, 6) is 1.23. The molecule has 2 aromatic carbocycles. The van der Waals surface area contributed by atoms with E-state index in [1.54, 1.807) is 24.3 Å². The largest absolute Gasteiger partial charge is 0.509 e. The van der Waals surface area contributed by atoms with Gasteiger partial charge in [0.05, 0.1) is 7.11 Å². The van der Waals surface area contributed by atoms with Crippen LogP contribution in [0.5, 0.6) is 11.5 Å². The molecule has 0 aromatic heterocycles. The molecular formula is C16H13NO4. The van der Waals surface area contributed by atoms with Crippen LogP contribution in [0.15, 0.2) is 54.6 Å². The van der Waals surface area contributed by atoms with E-state index in [4.69, 9.17) is 14.7 Å². The standard InChI is InChI=1S/C16H13NO4/c1-19-16(18)21-15(11-17)12-6-5-9-14(10-12)20-13-7-3-2-4-8-13/h2-10,15H,1H3/t15-/m0/s1. The molecule has 0 fully saturated rings. The molecule has 2 rings (SSSR count). The molecule has 0 bridgehead atoms. The minimum atomic E-state index is -1.04. The second-order valence-electron chi connectivity index (χ2n) is 4.07. The Balaban J connectivity index is 2.17. The highest BCUT2D eigenvalue weighted by atomic mass is 16.7. The zero-order valence-electron chi connectivity index (χ0n) is 11.4. The molecular weight excluding hydrogens is 270 g/mol. The summed E-state index contributed by atoms with van der Waals surface area (Å²) in [6.45, 7) is 0. The van der Waals surface area contributed by atoms with Gasteiger partial charge >= 0.3 is 6.16 Å². The molecule has 0 spiro atoms. The fourth-order valence-electron chi connectivity index (χ4n) is 1.68. The quantitative estimate of drug-likeness (QED) is 0.798. The number of hydrogen-bond acceptors (Lipinski definition) is 5. The van der Waals surface area contributed by atoms with Crippen LogP contribution in [0, 0.1) is 11.3 Å². The summed E-state index contributed by atoms with van der Waals surface area (Å²) in [4.78, 5) is 11.1. The Morgan fingerprint density at radius 3 is 2.48 bits per heavy atom. The predicted molar refractivity (Wildman–Crippen MR) is 74.8 cm³/mol. The monoisotopic (exact) mass is 283 g/mol. The number of rotatable bonds is 4. The summed E-state index contributed by atoms with van der Waals surface area (Å²) in [6.07, 6.45) is -1.95. The normalized spacial score (nSPS) is 11.0. The van der Waals surface area contributed by atoms with Crippen LogP contribution in [0.4, 0.5) is 4.79 Å². The van der Waals surface area contributed by atoms with Gasteiger partial charge in [0, 0.05) is 5.56 Å². The second kappa shape index (κ2) is 6.96. The van der Waals surface area contributed by atoms with Crippen molar-refractivity contribution in [1.29, 1.82) is 5.26 Å². The molecule has 0 amide bonds. The highest BCUT2D eigenvalue weighted by Gasteiger charge is 2.17. The van der Waals surface area contributed by atoms with Gasteiger partial charge in [-0.25, -0.2) is 4.79 Å². The zero-order chi connectivity index (χ0) is 15.1. The van der Waals surface area contributed by atoms with Crippen molar-refractivity contribution in [3.8, 4) is 17.6 Å². The summed E-state index contributed by atoms with van der Waals surface area (Å²) in [6, 6.07) is 17.9. The summed E-state index contributed by atoms with van der Waals surface area (Å²) in [5, 5.41) is 9.08. The van der Waals surface area contributed by atoms with Gasteiger partial charge in [-0.3, -0.25) is 0 Å². The Labute approximate surface area is 122 Å². The molecule has 0 aliphatic rings. The van der Waals surface area contributed by atoms with Crippen molar-refractivity contribution in [1.82, 2.24) is 0 Å². The van der Waals surface area contributed by atoms with Crippen LogP contribution in [0.1, 0.15) is 11.7 Å². The van der Waals surface area contributed by atoms with Gasteiger partial charge < -0.3 is 14.2 Å². The number of nitriles is 1. The van der Waals surface area contributed by atoms with Crippen molar-refractivity contribution in [2.24, 2.45) is 0 Å². The lowest BCUT2D eigenvalue weighted by Crippen LogP contribution is -2.09. The molecule has 0 unspecified atom stereocenters.